The summed E-state index contributed by atoms with van der Waals surface area (Å²) in [5.74, 6) is -0.614. The zero-order valence-corrected chi connectivity index (χ0v) is 15.7. The molecule has 0 heterocycles. The molecule has 0 aliphatic heterocycles. The van der Waals surface area contributed by atoms with Gasteiger partial charge in [-0.25, -0.2) is 4.79 Å². The summed E-state index contributed by atoms with van der Waals surface area (Å²) in [5, 5.41) is 2.70. The Morgan fingerprint density at radius 2 is 1.92 bits per heavy atom. The molecule has 25 heavy (non-hydrogen) atoms. The van der Waals surface area contributed by atoms with Gasteiger partial charge in [0, 0.05) is 10.2 Å². The lowest BCUT2D eigenvalue weighted by Crippen LogP contribution is -2.30. The lowest BCUT2D eigenvalue weighted by atomic mass is 10.2. The molecule has 0 saturated carbocycles. The van der Waals surface area contributed by atoms with Crippen LogP contribution >= 0.6 is 15.9 Å². The second-order valence-electron chi connectivity index (χ2n) is 5.47. The molecule has 0 fully saturated rings. The molecular weight excluding hydrogens is 388 g/mol. The molecule has 0 aliphatic rings. The van der Waals surface area contributed by atoms with Crippen molar-refractivity contribution >= 4 is 39.2 Å². The monoisotopic (exact) mass is 406 g/mol. The van der Waals surface area contributed by atoms with Crippen molar-refractivity contribution < 1.29 is 19.1 Å². The van der Waals surface area contributed by atoms with Crippen molar-refractivity contribution in [1.29, 1.82) is 0 Å². The number of rotatable bonds is 5. The molecule has 0 aliphatic carbocycles. The number of nitrogen functional groups attached to an aromatic ring is 1. The van der Waals surface area contributed by atoms with Gasteiger partial charge in [-0.3, -0.25) is 4.79 Å². The third-order valence-electron chi connectivity index (χ3n) is 3.50. The summed E-state index contributed by atoms with van der Waals surface area (Å²) in [6.45, 7) is 3.39. The average Bonchev–Trinajstić information content (AvgIpc) is 2.57. The first-order valence-electron chi connectivity index (χ1n) is 7.53. The first-order chi connectivity index (χ1) is 11.8. The fraction of sp³-hybridized carbons (Fsp3) is 0.222. The molecular formula is C18H19BrN2O4. The Bertz CT molecular complexity index is 808. The van der Waals surface area contributed by atoms with E-state index < -0.39 is 18.0 Å². The Morgan fingerprint density at radius 1 is 1.20 bits per heavy atom. The van der Waals surface area contributed by atoms with E-state index in [1.165, 1.54) is 14.0 Å². The van der Waals surface area contributed by atoms with E-state index >= 15 is 0 Å². The van der Waals surface area contributed by atoms with Crippen molar-refractivity contribution in [1.82, 2.24) is 0 Å². The van der Waals surface area contributed by atoms with Gasteiger partial charge in [-0.05, 0) is 49.7 Å². The standard InChI is InChI=1S/C18H19BrN2O4/c1-10-4-7-16(24-3)15(8-10)21-17(22)11(2)25-18(23)13-9-12(19)5-6-14(13)20/h4-9,11H,20H2,1-3H3,(H,21,22)/t11-/m0/s1. The van der Waals surface area contributed by atoms with Crippen molar-refractivity contribution in [2.75, 3.05) is 18.2 Å². The Morgan fingerprint density at radius 3 is 2.60 bits per heavy atom. The van der Waals surface area contributed by atoms with E-state index in [4.69, 9.17) is 15.2 Å². The number of carbonyl (C=O) groups is 2. The largest absolute Gasteiger partial charge is 0.495 e. The fourth-order valence-electron chi connectivity index (χ4n) is 2.14. The van der Waals surface area contributed by atoms with Gasteiger partial charge in [0.05, 0.1) is 18.4 Å². The van der Waals surface area contributed by atoms with Crippen LogP contribution in [-0.4, -0.2) is 25.1 Å². The summed E-state index contributed by atoms with van der Waals surface area (Å²) in [5.41, 5.74) is 7.73. The molecule has 2 aromatic carbocycles. The maximum atomic E-state index is 12.3. The van der Waals surface area contributed by atoms with Gasteiger partial charge < -0.3 is 20.5 Å². The summed E-state index contributed by atoms with van der Waals surface area (Å²) in [6, 6.07) is 10.2. The maximum absolute atomic E-state index is 12.3. The second-order valence-corrected chi connectivity index (χ2v) is 6.39. The number of halogens is 1. The molecule has 132 valence electrons. The Kier molecular flexibility index (Phi) is 6.03. The van der Waals surface area contributed by atoms with E-state index in [9.17, 15) is 9.59 Å². The van der Waals surface area contributed by atoms with E-state index in [2.05, 4.69) is 21.2 Å². The SMILES string of the molecule is COc1ccc(C)cc1NC(=O)[C@H](C)OC(=O)c1cc(Br)ccc1N. The molecule has 7 heteroatoms. The van der Waals surface area contributed by atoms with Crippen molar-refractivity contribution in [3.05, 3.63) is 52.0 Å². The number of benzene rings is 2. The number of amides is 1. The lowest BCUT2D eigenvalue weighted by molar-refractivity contribution is -0.123. The van der Waals surface area contributed by atoms with Crippen LogP contribution in [0.1, 0.15) is 22.8 Å². The number of hydrogen-bond acceptors (Lipinski definition) is 5. The molecule has 0 aromatic heterocycles. The molecule has 0 saturated heterocycles. The van der Waals surface area contributed by atoms with Gasteiger partial charge in [0.25, 0.3) is 5.91 Å². The Labute approximate surface area is 154 Å². The van der Waals surface area contributed by atoms with Crippen LogP contribution in [0.5, 0.6) is 5.75 Å². The Hall–Kier alpha value is -2.54. The van der Waals surface area contributed by atoms with Crippen LogP contribution < -0.4 is 15.8 Å². The molecule has 1 amide bonds. The van der Waals surface area contributed by atoms with E-state index in [1.807, 2.05) is 13.0 Å². The highest BCUT2D eigenvalue weighted by atomic mass is 79.9. The van der Waals surface area contributed by atoms with E-state index in [0.717, 1.165) is 5.56 Å². The summed E-state index contributed by atoms with van der Waals surface area (Å²) in [4.78, 5) is 24.6. The van der Waals surface area contributed by atoms with Gasteiger partial charge in [-0.15, -0.1) is 0 Å². The average molecular weight is 407 g/mol. The van der Waals surface area contributed by atoms with E-state index in [1.54, 1.807) is 30.3 Å². The van der Waals surface area contributed by atoms with Crippen molar-refractivity contribution in [2.24, 2.45) is 0 Å². The molecule has 0 bridgehead atoms. The third kappa shape index (κ3) is 4.73. The predicted molar refractivity (Wildman–Crippen MR) is 99.8 cm³/mol. The van der Waals surface area contributed by atoms with Gasteiger partial charge in [0.2, 0.25) is 0 Å². The smallest absolute Gasteiger partial charge is 0.341 e. The highest BCUT2D eigenvalue weighted by Crippen LogP contribution is 2.25. The number of hydrogen-bond donors (Lipinski definition) is 2. The summed E-state index contributed by atoms with van der Waals surface area (Å²) >= 11 is 3.27. The molecule has 1 atom stereocenters. The third-order valence-corrected chi connectivity index (χ3v) is 3.99. The zero-order valence-electron chi connectivity index (χ0n) is 14.1. The number of esters is 1. The van der Waals surface area contributed by atoms with Crippen molar-refractivity contribution in [3.63, 3.8) is 0 Å². The molecule has 0 radical (unpaired) electrons. The maximum Gasteiger partial charge on any atom is 0.341 e. The van der Waals surface area contributed by atoms with Gasteiger partial charge >= 0.3 is 5.97 Å². The number of ether oxygens (including phenoxy) is 2. The number of nitrogens with one attached hydrogen (secondary N) is 1. The fourth-order valence-corrected chi connectivity index (χ4v) is 2.50. The van der Waals surface area contributed by atoms with E-state index in [0.29, 0.717) is 15.9 Å². The quantitative estimate of drug-likeness (QED) is 0.585. The van der Waals surface area contributed by atoms with Crippen LogP contribution in [0, 0.1) is 6.92 Å². The summed E-state index contributed by atoms with van der Waals surface area (Å²) in [7, 11) is 1.51. The Balaban J connectivity index is 2.09. The lowest BCUT2D eigenvalue weighted by Gasteiger charge is -2.16. The molecule has 0 spiro atoms. The number of nitrogens with two attached hydrogens (primary N) is 1. The van der Waals surface area contributed by atoms with Crippen LogP contribution in [-0.2, 0) is 9.53 Å². The van der Waals surface area contributed by atoms with Gasteiger partial charge in [0.1, 0.15) is 5.75 Å². The van der Waals surface area contributed by atoms with Gasteiger partial charge in [-0.1, -0.05) is 22.0 Å². The number of methoxy groups -OCH3 is 1. The van der Waals surface area contributed by atoms with Crippen LogP contribution in [0.4, 0.5) is 11.4 Å². The summed E-state index contributed by atoms with van der Waals surface area (Å²) in [6.07, 6.45) is -1.00. The molecule has 2 aromatic rings. The number of aryl methyl sites for hydroxylation is 1. The van der Waals surface area contributed by atoms with Crippen LogP contribution in [0.2, 0.25) is 0 Å². The minimum absolute atomic E-state index is 0.196. The first kappa shape index (κ1) is 18.8. The number of carbonyl (C=O) groups excluding carboxylic acids is 2. The second kappa shape index (κ2) is 8.02. The minimum Gasteiger partial charge on any atom is -0.495 e. The highest BCUT2D eigenvalue weighted by Gasteiger charge is 2.21. The van der Waals surface area contributed by atoms with Crippen molar-refractivity contribution in [3.8, 4) is 5.75 Å². The molecule has 0 unspecified atom stereocenters. The highest BCUT2D eigenvalue weighted by molar-refractivity contribution is 9.10. The zero-order chi connectivity index (χ0) is 18.6. The topological polar surface area (TPSA) is 90.6 Å². The number of anilines is 2. The van der Waals surface area contributed by atoms with E-state index in [-0.39, 0.29) is 11.3 Å². The molecule has 3 N–H and O–H groups in total. The van der Waals surface area contributed by atoms with Crippen LogP contribution in [0.3, 0.4) is 0 Å². The van der Waals surface area contributed by atoms with Crippen molar-refractivity contribution in [2.45, 2.75) is 20.0 Å². The van der Waals surface area contributed by atoms with Gasteiger partial charge in [0.15, 0.2) is 6.10 Å². The molecule has 2 rings (SSSR count). The predicted octanol–water partition coefficient (Wildman–Crippen LogP) is 3.53. The molecule has 6 nitrogen and oxygen atoms in total. The first-order valence-corrected chi connectivity index (χ1v) is 8.32. The summed E-state index contributed by atoms with van der Waals surface area (Å²) < 4.78 is 11.1. The van der Waals surface area contributed by atoms with Gasteiger partial charge in [-0.2, -0.15) is 0 Å². The normalized spacial score (nSPS) is 11.5. The van der Waals surface area contributed by atoms with Crippen LogP contribution in [0.25, 0.3) is 0 Å². The minimum atomic E-state index is -1.00. The van der Waals surface area contributed by atoms with Crippen LogP contribution in [0.15, 0.2) is 40.9 Å².